The topological polar surface area (TPSA) is 22.4 Å². The standard InChI is InChI=1S/C6H7O2/c1-7-4-6-2-3-8-5-6/h2-3,5H,1,4H2. The minimum absolute atomic E-state index is 0.524. The van der Waals surface area contributed by atoms with Crippen molar-refractivity contribution in [2.24, 2.45) is 0 Å². The molecule has 1 rings (SSSR count). The summed E-state index contributed by atoms with van der Waals surface area (Å²) >= 11 is 0. The van der Waals surface area contributed by atoms with Crippen LogP contribution in [0.3, 0.4) is 0 Å². The first-order valence-corrected chi connectivity index (χ1v) is 2.31. The van der Waals surface area contributed by atoms with Gasteiger partial charge in [0, 0.05) is 5.56 Å². The van der Waals surface area contributed by atoms with Crippen molar-refractivity contribution in [3.8, 4) is 0 Å². The Balaban J connectivity index is 2.50. The molecule has 0 aliphatic carbocycles. The molecule has 2 heteroatoms. The summed E-state index contributed by atoms with van der Waals surface area (Å²) in [6.45, 7) is 0.524. The van der Waals surface area contributed by atoms with E-state index in [2.05, 4.69) is 11.8 Å². The maximum absolute atomic E-state index is 4.76. The van der Waals surface area contributed by atoms with Crippen molar-refractivity contribution in [1.82, 2.24) is 0 Å². The Hall–Kier alpha value is -0.760. The Morgan fingerprint density at radius 1 is 1.75 bits per heavy atom. The van der Waals surface area contributed by atoms with Crippen LogP contribution in [0.2, 0.25) is 0 Å². The molecule has 0 spiro atoms. The summed E-state index contributed by atoms with van der Waals surface area (Å²) in [5.74, 6) is 0. The monoisotopic (exact) mass is 111 g/mol. The van der Waals surface area contributed by atoms with E-state index in [1.54, 1.807) is 12.5 Å². The molecule has 0 aliphatic rings. The summed E-state index contributed by atoms with van der Waals surface area (Å²) in [6, 6.07) is 1.84. The Morgan fingerprint density at radius 3 is 3.12 bits per heavy atom. The molecule has 0 bridgehead atoms. The number of rotatable bonds is 2. The lowest BCUT2D eigenvalue weighted by Gasteiger charge is -1.87. The second-order valence-electron chi connectivity index (χ2n) is 1.48. The minimum Gasteiger partial charge on any atom is -0.472 e. The van der Waals surface area contributed by atoms with Gasteiger partial charge in [-0.2, -0.15) is 0 Å². The fourth-order valence-corrected chi connectivity index (χ4v) is 0.493. The van der Waals surface area contributed by atoms with Crippen LogP contribution in [-0.2, 0) is 11.3 Å². The van der Waals surface area contributed by atoms with Gasteiger partial charge < -0.3 is 9.15 Å². The van der Waals surface area contributed by atoms with E-state index in [1.165, 1.54) is 0 Å². The van der Waals surface area contributed by atoms with Gasteiger partial charge in [-0.15, -0.1) is 0 Å². The normalized spacial score (nSPS) is 9.62. The highest BCUT2D eigenvalue weighted by Gasteiger charge is 1.88. The minimum atomic E-state index is 0.524. The third-order valence-electron chi connectivity index (χ3n) is 0.849. The van der Waals surface area contributed by atoms with Gasteiger partial charge in [0.1, 0.15) is 0 Å². The molecule has 1 radical (unpaired) electrons. The first-order chi connectivity index (χ1) is 3.93. The molecule has 0 saturated heterocycles. The van der Waals surface area contributed by atoms with E-state index in [0.717, 1.165) is 5.56 Å². The second kappa shape index (κ2) is 2.52. The zero-order chi connectivity index (χ0) is 5.82. The van der Waals surface area contributed by atoms with Crippen molar-refractivity contribution < 1.29 is 9.15 Å². The van der Waals surface area contributed by atoms with Crippen LogP contribution >= 0.6 is 0 Å². The molecule has 0 aromatic carbocycles. The van der Waals surface area contributed by atoms with E-state index in [-0.39, 0.29) is 0 Å². The maximum Gasteiger partial charge on any atom is 0.0957 e. The molecular weight excluding hydrogens is 104 g/mol. The average Bonchev–Trinajstić information content (AvgIpc) is 2.19. The van der Waals surface area contributed by atoms with Gasteiger partial charge in [0.15, 0.2) is 0 Å². The van der Waals surface area contributed by atoms with Crippen molar-refractivity contribution in [2.45, 2.75) is 6.61 Å². The smallest absolute Gasteiger partial charge is 0.0957 e. The van der Waals surface area contributed by atoms with Crippen LogP contribution in [0.1, 0.15) is 5.56 Å². The molecule has 0 atom stereocenters. The summed E-state index contributed by atoms with van der Waals surface area (Å²) in [6.07, 6.45) is 3.24. The lowest BCUT2D eigenvalue weighted by atomic mass is 10.4. The van der Waals surface area contributed by atoms with Gasteiger partial charge in [-0.05, 0) is 6.07 Å². The largest absolute Gasteiger partial charge is 0.472 e. The van der Waals surface area contributed by atoms with Gasteiger partial charge in [-0.25, -0.2) is 0 Å². The average molecular weight is 111 g/mol. The Bertz CT molecular complexity index is 132. The molecule has 0 unspecified atom stereocenters. The molecule has 1 heterocycles. The van der Waals surface area contributed by atoms with E-state index in [1.807, 2.05) is 6.07 Å². The number of hydrogen-bond acceptors (Lipinski definition) is 2. The summed E-state index contributed by atoms with van der Waals surface area (Å²) in [5.41, 5.74) is 1.01. The summed E-state index contributed by atoms with van der Waals surface area (Å²) in [4.78, 5) is 0. The number of ether oxygens (including phenoxy) is 1. The number of hydrogen-bond donors (Lipinski definition) is 0. The quantitative estimate of drug-likeness (QED) is 0.578. The zero-order valence-electron chi connectivity index (χ0n) is 4.46. The van der Waals surface area contributed by atoms with Crippen LogP contribution in [0.25, 0.3) is 0 Å². The van der Waals surface area contributed by atoms with Crippen LogP contribution < -0.4 is 0 Å². The van der Waals surface area contributed by atoms with Gasteiger partial charge in [0.05, 0.1) is 26.2 Å². The zero-order valence-corrected chi connectivity index (χ0v) is 4.46. The molecule has 1 aromatic heterocycles. The van der Waals surface area contributed by atoms with Crippen molar-refractivity contribution in [3.05, 3.63) is 31.3 Å². The van der Waals surface area contributed by atoms with E-state index in [0.29, 0.717) is 6.61 Å². The highest BCUT2D eigenvalue weighted by atomic mass is 16.5. The first kappa shape index (κ1) is 5.38. The van der Waals surface area contributed by atoms with Crippen LogP contribution in [-0.4, -0.2) is 0 Å². The molecular formula is C6H7O2. The van der Waals surface area contributed by atoms with Crippen LogP contribution in [0, 0.1) is 7.11 Å². The molecule has 1 aromatic rings. The van der Waals surface area contributed by atoms with Gasteiger partial charge in [0.2, 0.25) is 0 Å². The summed E-state index contributed by atoms with van der Waals surface area (Å²) < 4.78 is 9.34. The van der Waals surface area contributed by atoms with E-state index in [9.17, 15) is 0 Å². The first-order valence-electron chi connectivity index (χ1n) is 2.31. The molecule has 8 heavy (non-hydrogen) atoms. The fourth-order valence-electron chi connectivity index (χ4n) is 0.493. The lowest BCUT2D eigenvalue weighted by molar-refractivity contribution is 0.228. The highest BCUT2D eigenvalue weighted by molar-refractivity contribution is 5.02. The van der Waals surface area contributed by atoms with Gasteiger partial charge in [0.25, 0.3) is 0 Å². The summed E-state index contributed by atoms with van der Waals surface area (Å²) in [7, 11) is 3.22. The van der Waals surface area contributed by atoms with Gasteiger partial charge >= 0.3 is 0 Å². The molecule has 0 fully saturated rings. The lowest BCUT2D eigenvalue weighted by Crippen LogP contribution is -1.78. The van der Waals surface area contributed by atoms with Crippen LogP contribution in [0.5, 0.6) is 0 Å². The Labute approximate surface area is 48.1 Å². The van der Waals surface area contributed by atoms with E-state index in [4.69, 9.17) is 4.42 Å². The van der Waals surface area contributed by atoms with Crippen molar-refractivity contribution in [2.75, 3.05) is 0 Å². The molecule has 0 N–H and O–H groups in total. The van der Waals surface area contributed by atoms with Crippen LogP contribution in [0.4, 0.5) is 0 Å². The molecule has 43 valence electrons. The maximum atomic E-state index is 4.76. The van der Waals surface area contributed by atoms with Crippen LogP contribution in [0.15, 0.2) is 23.0 Å². The molecule has 0 amide bonds. The Morgan fingerprint density at radius 2 is 2.62 bits per heavy atom. The third kappa shape index (κ3) is 1.10. The second-order valence-corrected chi connectivity index (χ2v) is 1.48. The van der Waals surface area contributed by atoms with Gasteiger partial charge in [-0.3, -0.25) is 0 Å². The van der Waals surface area contributed by atoms with Crippen molar-refractivity contribution in [1.29, 1.82) is 0 Å². The molecule has 0 saturated carbocycles. The predicted molar refractivity (Wildman–Crippen MR) is 28.9 cm³/mol. The number of furan rings is 1. The van der Waals surface area contributed by atoms with Crippen molar-refractivity contribution >= 4 is 0 Å². The predicted octanol–water partition coefficient (Wildman–Crippen LogP) is 1.59. The molecule has 0 aliphatic heterocycles. The highest BCUT2D eigenvalue weighted by Crippen LogP contribution is 1.99. The van der Waals surface area contributed by atoms with Crippen molar-refractivity contribution in [3.63, 3.8) is 0 Å². The third-order valence-corrected chi connectivity index (χ3v) is 0.849. The molecule has 2 nitrogen and oxygen atoms in total. The fraction of sp³-hybridized carbons (Fsp3) is 0.167. The Kier molecular flexibility index (Phi) is 1.70. The van der Waals surface area contributed by atoms with E-state index < -0.39 is 0 Å². The summed E-state index contributed by atoms with van der Waals surface area (Å²) in [5, 5.41) is 0. The SMILES string of the molecule is [CH2]OCc1ccoc1. The van der Waals surface area contributed by atoms with E-state index >= 15 is 0 Å². The van der Waals surface area contributed by atoms with Gasteiger partial charge in [-0.1, -0.05) is 0 Å².